The molecule has 0 fully saturated rings. The molecule has 0 bridgehead atoms. The highest BCUT2D eigenvalue weighted by Gasteiger charge is 2.30. The number of hydrogen-bond acceptors (Lipinski definition) is 4. The molecule has 3 heterocycles. The second-order valence-electron chi connectivity index (χ2n) is 6.44. The van der Waals surface area contributed by atoms with Crippen molar-refractivity contribution >= 4 is 5.91 Å². The Morgan fingerprint density at radius 3 is 2.87 bits per heavy atom. The Labute approximate surface area is 136 Å². The van der Waals surface area contributed by atoms with Gasteiger partial charge in [-0.3, -0.25) is 9.78 Å². The zero-order valence-electron chi connectivity index (χ0n) is 13.7. The summed E-state index contributed by atoms with van der Waals surface area (Å²) in [6.45, 7) is 5.89. The molecule has 0 aliphatic carbocycles. The number of fused-ring (bicyclic) bond motifs is 1. The van der Waals surface area contributed by atoms with E-state index in [4.69, 9.17) is 0 Å². The Hall–Kier alpha value is -2.24. The lowest BCUT2D eigenvalue weighted by molar-refractivity contribution is -0.123. The van der Waals surface area contributed by atoms with Crippen molar-refractivity contribution in [2.45, 2.75) is 45.6 Å². The van der Waals surface area contributed by atoms with Crippen molar-refractivity contribution in [3.8, 4) is 11.4 Å². The minimum absolute atomic E-state index is 0.0697. The van der Waals surface area contributed by atoms with Gasteiger partial charge in [0.1, 0.15) is 5.82 Å². The van der Waals surface area contributed by atoms with Crippen LogP contribution in [-0.2, 0) is 11.3 Å². The first kappa shape index (κ1) is 15.6. The van der Waals surface area contributed by atoms with E-state index in [1.54, 1.807) is 12.4 Å². The van der Waals surface area contributed by atoms with Crippen LogP contribution in [0.4, 0.5) is 0 Å². The Bertz CT molecular complexity index is 665. The molecule has 122 valence electrons. The van der Waals surface area contributed by atoms with E-state index in [2.05, 4.69) is 38.9 Å². The molecule has 0 saturated carbocycles. The maximum atomic E-state index is 12.5. The predicted octanol–water partition coefficient (Wildman–Crippen LogP) is 2.38. The SMILES string of the molecule is CC(C)CCNC(=O)C1CCCn2c(-c3ccncc3)nnc21. The molecule has 3 rings (SSSR count). The summed E-state index contributed by atoms with van der Waals surface area (Å²) in [5.74, 6) is 2.06. The summed E-state index contributed by atoms with van der Waals surface area (Å²) in [7, 11) is 0. The fourth-order valence-corrected chi connectivity index (χ4v) is 2.95. The molecule has 6 heteroatoms. The van der Waals surface area contributed by atoms with E-state index in [1.165, 1.54) is 0 Å². The number of pyridine rings is 1. The molecule has 1 amide bonds. The number of rotatable bonds is 5. The first-order valence-corrected chi connectivity index (χ1v) is 8.28. The lowest BCUT2D eigenvalue weighted by atomic mass is 9.97. The number of nitrogens with zero attached hydrogens (tertiary/aromatic N) is 4. The normalized spacial score (nSPS) is 17.1. The van der Waals surface area contributed by atoms with E-state index < -0.39 is 0 Å². The molecule has 0 radical (unpaired) electrons. The molecule has 2 aromatic rings. The monoisotopic (exact) mass is 313 g/mol. The maximum Gasteiger partial charge on any atom is 0.230 e. The largest absolute Gasteiger partial charge is 0.355 e. The Kier molecular flexibility index (Phi) is 4.69. The van der Waals surface area contributed by atoms with Crippen LogP contribution in [0.25, 0.3) is 11.4 Å². The van der Waals surface area contributed by atoms with Crippen LogP contribution in [0.1, 0.15) is 44.9 Å². The highest BCUT2D eigenvalue weighted by Crippen LogP contribution is 2.30. The summed E-state index contributed by atoms with van der Waals surface area (Å²) in [5.41, 5.74) is 0.986. The molecule has 0 aromatic carbocycles. The Morgan fingerprint density at radius 2 is 2.13 bits per heavy atom. The van der Waals surface area contributed by atoms with Gasteiger partial charge in [-0.15, -0.1) is 10.2 Å². The molecule has 1 aliphatic heterocycles. The molecule has 0 spiro atoms. The molecule has 6 nitrogen and oxygen atoms in total. The fraction of sp³-hybridized carbons (Fsp3) is 0.529. The molecular weight excluding hydrogens is 290 g/mol. The first-order valence-electron chi connectivity index (χ1n) is 8.28. The van der Waals surface area contributed by atoms with Gasteiger partial charge in [-0.1, -0.05) is 13.8 Å². The molecule has 23 heavy (non-hydrogen) atoms. The highest BCUT2D eigenvalue weighted by molar-refractivity contribution is 5.83. The molecule has 1 unspecified atom stereocenters. The number of hydrogen-bond donors (Lipinski definition) is 1. The van der Waals surface area contributed by atoms with Gasteiger partial charge in [-0.05, 0) is 37.3 Å². The van der Waals surface area contributed by atoms with Gasteiger partial charge in [0, 0.05) is 31.0 Å². The molecule has 1 N–H and O–H groups in total. The standard InChI is InChI=1S/C17H23N5O/c1-12(2)5-10-19-17(23)14-4-3-11-22-15(20-21-16(14)22)13-6-8-18-9-7-13/h6-9,12,14H,3-5,10-11H2,1-2H3,(H,19,23). The van der Waals surface area contributed by atoms with Crippen molar-refractivity contribution in [1.82, 2.24) is 25.1 Å². The summed E-state index contributed by atoms with van der Waals surface area (Å²) < 4.78 is 2.07. The smallest absolute Gasteiger partial charge is 0.230 e. The average Bonchev–Trinajstić information content (AvgIpc) is 2.99. The van der Waals surface area contributed by atoms with E-state index in [9.17, 15) is 4.79 Å². The molecule has 2 aromatic heterocycles. The van der Waals surface area contributed by atoms with Gasteiger partial charge in [0.2, 0.25) is 5.91 Å². The summed E-state index contributed by atoms with van der Waals surface area (Å²) in [6, 6.07) is 3.84. The van der Waals surface area contributed by atoms with Crippen LogP contribution in [0.5, 0.6) is 0 Å². The van der Waals surface area contributed by atoms with Crippen molar-refractivity contribution in [1.29, 1.82) is 0 Å². The topological polar surface area (TPSA) is 72.7 Å². The number of amides is 1. The van der Waals surface area contributed by atoms with Crippen LogP contribution < -0.4 is 5.32 Å². The third-order valence-corrected chi connectivity index (χ3v) is 4.24. The first-order chi connectivity index (χ1) is 11.2. The number of carbonyl (C=O) groups is 1. The van der Waals surface area contributed by atoms with Gasteiger partial charge in [0.25, 0.3) is 0 Å². The summed E-state index contributed by atoms with van der Waals surface area (Å²) in [4.78, 5) is 16.5. The van der Waals surface area contributed by atoms with E-state index in [0.29, 0.717) is 5.92 Å². The Morgan fingerprint density at radius 1 is 1.35 bits per heavy atom. The van der Waals surface area contributed by atoms with Gasteiger partial charge in [0.15, 0.2) is 5.82 Å². The van der Waals surface area contributed by atoms with Crippen molar-refractivity contribution < 1.29 is 4.79 Å². The molecular formula is C17H23N5O. The number of aromatic nitrogens is 4. The van der Waals surface area contributed by atoms with Gasteiger partial charge >= 0.3 is 0 Å². The van der Waals surface area contributed by atoms with Gasteiger partial charge < -0.3 is 9.88 Å². The summed E-state index contributed by atoms with van der Waals surface area (Å²) in [5, 5.41) is 11.7. The lowest BCUT2D eigenvalue weighted by Gasteiger charge is -2.23. The van der Waals surface area contributed by atoms with Gasteiger partial charge in [-0.2, -0.15) is 0 Å². The number of nitrogens with one attached hydrogen (secondary N) is 1. The van der Waals surface area contributed by atoms with E-state index >= 15 is 0 Å². The maximum absolute atomic E-state index is 12.5. The zero-order chi connectivity index (χ0) is 16.2. The van der Waals surface area contributed by atoms with Gasteiger partial charge in [0.05, 0.1) is 5.92 Å². The van der Waals surface area contributed by atoms with Crippen LogP contribution in [0, 0.1) is 5.92 Å². The lowest BCUT2D eigenvalue weighted by Crippen LogP contribution is -2.34. The van der Waals surface area contributed by atoms with Crippen molar-refractivity contribution in [3.05, 3.63) is 30.4 Å². The quantitative estimate of drug-likeness (QED) is 0.920. The van der Waals surface area contributed by atoms with Crippen molar-refractivity contribution in [3.63, 3.8) is 0 Å². The minimum atomic E-state index is -0.195. The van der Waals surface area contributed by atoms with E-state index in [0.717, 1.165) is 49.6 Å². The summed E-state index contributed by atoms with van der Waals surface area (Å²) >= 11 is 0. The van der Waals surface area contributed by atoms with Crippen molar-refractivity contribution in [2.75, 3.05) is 6.54 Å². The Balaban J connectivity index is 1.78. The van der Waals surface area contributed by atoms with E-state index in [-0.39, 0.29) is 11.8 Å². The van der Waals surface area contributed by atoms with Crippen LogP contribution in [0.3, 0.4) is 0 Å². The predicted molar refractivity (Wildman–Crippen MR) is 87.7 cm³/mol. The van der Waals surface area contributed by atoms with Crippen molar-refractivity contribution in [2.24, 2.45) is 5.92 Å². The zero-order valence-corrected chi connectivity index (χ0v) is 13.7. The number of carbonyl (C=O) groups excluding carboxylic acids is 1. The summed E-state index contributed by atoms with van der Waals surface area (Å²) in [6.07, 6.45) is 6.28. The van der Waals surface area contributed by atoms with Gasteiger partial charge in [-0.25, -0.2) is 0 Å². The van der Waals surface area contributed by atoms with E-state index in [1.807, 2.05) is 12.1 Å². The highest BCUT2D eigenvalue weighted by atomic mass is 16.1. The second kappa shape index (κ2) is 6.89. The van der Waals surface area contributed by atoms with Crippen LogP contribution in [0.15, 0.2) is 24.5 Å². The minimum Gasteiger partial charge on any atom is -0.355 e. The fourth-order valence-electron chi connectivity index (χ4n) is 2.95. The van der Waals surface area contributed by atoms with Crippen LogP contribution >= 0.6 is 0 Å². The third-order valence-electron chi connectivity index (χ3n) is 4.24. The van der Waals surface area contributed by atoms with Crippen LogP contribution in [-0.4, -0.2) is 32.2 Å². The molecule has 1 aliphatic rings. The molecule has 0 saturated heterocycles. The second-order valence-corrected chi connectivity index (χ2v) is 6.44. The third kappa shape index (κ3) is 3.41. The molecule has 1 atom stereocenters. The van der Waals surface area contributed by atoms with Crippen LogP contribution in [0.2, 0.25) is 0 Å². The average molecular weight is 313 g/mol.